The minimum Gasteiger partial charge on any atom is -0.376 e. The number of rotatable bonds is 18. The second-order valence-electron chi connectivity index (χ2n) is 16.9. The van der Waals surface area contributed by atoms with Gasteiger partial charge in [-0.15, -0.1) is 0 Å². The molecule has 0 amide bonds. The minimum absolute atomic E-state index is 0.378. The number of hydrogen-bond donors (Lipinski definition) is 0. The standard InChI is InChI=1S/C40H78N4O2/c1-32(2)44-30-27-42(24-10-12-37-16-21-40(22-17-37)46-34(5)6)31-38(44)18-13-35(7)43-28-25-41(26-29-43)23-9-8-11-36-14-19-39(20-15-36)45-33(3)4/h32-40H,8-31H2,1-7H3/t35?,36?,37?,38-,39?,40?/m1/s1. The van der Waals surface area contributed by atoms with Crippen LogP contribution in [0.15, 0.2) is 0 Å². The first-order chi connectivity index (χ1) is 22.2. The van der Waals surface area contributed by atoms with Crippen LogP contribution >= 0.6 is 0 Å². The van der Waals surface area contributed by atoms with Crippen LogP contribution in [0.5, 0.6) is 0 Å². The van der Waals surface area contributed by atoms with Crippen molar-refractivity contribution in [3.63, 3.8) is 0 Å². The molecule has 4 fully saturated rings. The molecule has 6 heteroatoms. The third-order valence-electron chi connectivity index (χ3n) is 12.2. The highest BCUT2D eigenvalue weighted by Crippen LogP contribution is 2.31. The van der Waals surface area contributed by atoms with Crippen molar-refractivity contribution in [3.05, 3.63) is 0 Å². The summed E-state index contributed by atoms with van der Waals surface area (Å²) in [6, 6.07) is 2.08. The summed E-state index contributed by atoms with van der Waals surface area (Å²) in [7, 11) is 0. The van der Waals surface area contributed by atoms with Crippen LogP contribution in [0.25, 0.3) is 0 Å². The van der Waals surface area contributed by atoms with E-state index in [4.69, 9.17) is 9.47 Å². The molecule has 4 rings (SSSR count). The maximum atomic E-state index is 6.09. The molecule has 2 heterocycles. The Morgan fingerprint density at radius 1 is 0.543 bits per heavy atom. The van der Waals surface area contributed by atoms with Gasteiger partial charge in [-0.2, -0.15) is 0 Å². The zero-order valence-electron chi connectivity index (χ0n) is 31.8. The molecule has 0 aromatic carbocycles. The zero-order chi connectivity index (χ0) is 32.9. The van der Waals surface area contributed by atoms with E-state index in [1.807, 2.05) is 0 Å². The molecule has 2 atom stereocenters. The van der Waals surface area contributed by atoms with E-state index in [-0.39, 0.29) is 0 Å². The highest BCUT2D eigenvalue weighted by Gasteiger charge is 2.30. The predicted octanol–water partition coefficient (Wildman–Crippen LogP) is 8.09. The van der Waals surface area contributed by atoms with Crippen LogP contribution in [-0.2, 0) is 9.47 Å². The lowest BCUT2D eigenvalue weighted by Gasteiger charge is -2.45. The fourth-order valence-corrected chi connectivity index (χ4v) is 9.37. The fourth-order valence-electron chi connectivity index (χ4n) is 9.37. The van der Waals surface area contributed by atoms with E-state index < -0.39 is 0 Å². The Morgan fingerprint density at radius 2 is 1.07 bits per heavy atom. The van der Waals surface area contributed by atoms with E-state index in [2.05, 4.69) is 68.1 Å². The van der Waals surface area contributed by atoms with Crippen LogP contribution < -0.4 is 0 Å². The van der Waals surface area contributed by atoms with Gasteiger partial charge in [0.25, 0.3) is 0 Å². The Hall–Kier alpha value is -0.240. The summed E-state index contributed by atoms with van der Waals surface area (Å²) in [6.07, 6.45) is 22.2. The smallest absolute Gasteiger partial charge is 0.0578 e. The Bertz CT molecular complexity index is 784. The Labute approximate surface area is 286 Å². The molecule has 4 aliphatic rings. The van der Waals surface area contributed by atoms with Gasteiger partial charge < -0.3 is 19.3 Å². The van der Waals surface area contributed by atoms with Gasteiger partial charge in [-0.25, -0.2) is 0 Å². The molecule has 0 aromatic rings. The Kier molecular flexibility index (Phi) is 17.1. The minimum atomic E-state index is 0.378. The molecule has 0 N–H and O–H groups in total. The van der Waals surface area contributed by atoms with Crippen molar-refractivity contribution in [1.82, 2.24) is 19.6 Å². The summed E-state index contributed by atoms with van der Waals surface area (Å²) in [5.41, 5.74) is 0. The Balaban J connectivity index is 1.07. The lowest BCUT2D eigenvalue weighted by Crippen LogP contribution is -2.56. The number of piperazine rings is 2. The van der Waals surface area contributed by atoms with E-state index in [1.165, 1.54) is 155 Å². The third-order valence-corrected chi connectivity index (χ3v) is 12.2. The summed E-state index contributed by atoms with van der Waals surface area (Å²) in [4.78, 5) is 11.2. The van der Waals surface area contributed by atoms with Crippen molar-refractivity contribution >= 4 is 0 Å². The van der Waals surface area contributed by atoms with Crippen LogP contribution in [0.4, 0.5) is 0 Å². The molecule has 2 saturated heterocycles. The van der Waals surface area contributed by atoms with Gasteiger partial charge in [0.1, 0.15) is 0 Å². The van der Waals surface area contributed by atoms with Gasteiger partial charge >= 0.3 is 0 Å². The highest BCUT2D eigenvalue weighted by molar-refractivity contribution is 4.86. The van der Waals surface area contributed by atoms with Gasteiger partial charge in [-0.3, -0.25) is 9.80 Å². The van der Waals surface area contributed by atoms with E-state index in [9.17, 15) is 0 Å². The molecule has 0 radical (unpaired) electrons. The molecule has 6 nitrogen and oxygen atoms in total. The predicted molar refractivity (Wildman–Crippen MR) is 196 cm³/mol. The number of nitrogens with zero attached hydrogens (tertiary/aromatic N) is 4. The number of unbranched alkanes of at least 4 members (excludes halogenated alkanes) is 1. The molecule has 270 valence electrons. The Morgan fingerprint density at radius 3 is 1.61 bits per heavy atom. The van der Waals surface area contributed by atoms with Gasteiger partial charge in [-0.1, -0.05) is 12.8 Å². The lowest BCUT2D eigenvalue weighted by atomic mass is 9.84. The molecule has 1 unspecified atom stereocenters. The van der Waals surface area contributed by atoms with E-state index in [0.717, 1.165) is 17.9 Å². The maximum Gasteiger partial charge on any atom is 0.0578 e. The summed E-state index contributed by atoms with van der Waals surface area (Å²) >= 11 is 0. The highest BCUT2D eigenvalue weighted by atomic mass is 16.5. The van der Waals surface area contributed by atoms with Gasteiger partial charge in [0.2, 0.25) is 0 Å². The fraction of sp³-hybridized carbons (Fsp3) is 1.00. The third kappa shape index (κ3) is 13.6. The molecule has 2 aliphatic carbocycles. The van der Waals surface area contributed by atoms with E-state index >= 15 is 0 Å². The largest absolute Gasteiger partial charge is 0.376 e. The van der Waals surface area contributed by atoms with Gasteiger partial charge in [0.05, 0.1) is 24.4 Å². The van der Waals surface area contributed by atoms with Crippen LogP contribution in [0.3, 0.4) is 0 Å². The molecule has 0 bridgehead atoms. The summed E-state index contributed by atoms with van der Waals surface area (Å²) < 4.78 is 12.1. The molecule has 2 aliphatic heterocycles. The van der Waals surface area contributed by atoms with Crippen LogP contribution in [0.1, 0.15) is 145 Å². The van der Waals surface area contributed by atoms with Crippen LogP contribution in [0, 0.1) is 11.8 Å². The van der Waals surface area contributed by atoms with E-state index in [1.54, 1.807) is 0 Å². The molecular weight excluding hydrogens is 568 g/mol. The number of hydrogen-bond acceptors (Lipinski definition) is 6. The first kappa shape index (κ1) is 38.6. The zero-order valence-corrected chi connectivity index (χ0v) is 31.8. The first-order valence-corrected chi connectivity index (χ1v) is 20.4. The van der Waals surface area contributed by atoms with Crippen molar-refractivity contribution in [2.75, 3.05) is 58.9 Å². The van der Waals surface area contributed by atoms with Crippen molar-refractivity contribution in [2.45, 2.75) is 187 Å². The topological polar surface area (TPSA) is 31.4 Å². The summed E-state index contributed by atoms with van der Waals surface area (Å²) in [5.74, 6) is 1.88. The molecular formula is C40H78N4O2. The summed E-state index contributed by atoms with van der Waals surface area (Å²) in [6.45, 7) is 27.5. The SMILES string of the molecule is CC(C)OC1CCC(CCCCN2CCN(C(C)CC[C@@H]3CN(CCCC4CCC(OC(C)C)CC4)CCN3C(C)C)CC2)CC1. The second-order valence-corrected chi connectivity index (χ2v) is 16.9. The molecule has 46 heavy (non-hydrogen) atoms. The lowest BCUT2D eigenvalue weighted by molar-refractivity contribution is -0.0207. The van der Waals surface area contributed by atoms with Gasteiger partial charge in [-0.05, 0) is 157 Å². The van der Waals surface area contributed by atoms with Crippen molar-refractivity contribution in [2.24, 2.45) is 11.8 Å². The second kappa shape index (κ2) is 20.4. The summed E-state index contributed by atoms with van der Waals surface area (Å²) in [5, 5.41) is 0. The van der Waals surface area contributed by atoms with Gasteiger partial charge in [0, 0.05) is 63.9 Å². The normalized spacial score (nSPS) is 30.5. The monoisotopic (exact) mass is 647 g/mol. The average Bonchev–Trinajstić information content (AvgIpc) is 3.03. The van der Waals surface area contributed by atoms with Gasteiger partial charge in [0.15, 0.2) is 0 Å². The van der Waals surface area contributed by atoms with Crippen LogP contribution in [0.2, 0.25) is 0 Å². The average molecular weight is 647 g/mol. The quantitative estimate of drug-likeness (QED) is 0.140. The maximum absolute atomic E-state index is 6.09. The molecule has 0 spiro atoms. The first-order valence-electron chi connectivity index (χ1n) is 20.4. The van der Waals surface area contributed by atoms with Crippen molar-refractivity contribution in [1.29, 1.82) is 0 Å². The van der Waals surface area contributed by atoms with Crippen molar-refractivity contribution < 1.29 is 9.47 Å². The molecule has 2 saturated carbocycles. The number of ether oxygens (including phenoxy) is 2. The van der Waals surface area contributed by atoms with Crippen molar-refractivity contribution in [3.8, 4) is 0 Å². The molecule has 0 aromatic heterocycles. The van der Waals surface area contributed by atoms with Crippen LogP contribution in [-0.4, -0.2) is 121 Å². The van der Waals surface area contributed by atoms with E-state index in [0.29, 0.717) is 36.5 Å².